The highest BCUT2D eigenvalue weighted by Crippen LogP contribution is 2.24. The summed E-state index contributed by atoms with van der Waals surface area (Å²) in [5.41, 5.74) is 3.30. The minimum Gasteiger partial charge on any atom is -0.463 e. The van der Waals surface area contributed by atoms with E-state index in [4.69, 9.17) is 4.42 Å². The van der Waals surface area contributed by atoms with Gasteiger partial charge in [-0.1, -0.05) is 17.7 Å². The van der Waals surface area contributed by atoms with E-state index in [1.807, 2.05) is 6.92 Å². The van der Waals surface area contributed by atoms with Crippen LogP contribution in [-0.2, 0) is 14.8 Å². The van der Waals surface area contributed by atoms with Crippen LogP contribution in [-0.4, -0.2) is 27.1 Å². The second kappa shape index (κ2) is 8.70. The van der Waals surface area contributed by atoms with E-state index in [1.54, 1.807) is 24.3 Å². The third kappa shape index (κ3) is 5.08. The van der Waals surface area contributed by atoms with E-state index in [9.17, 15) is 17.6 Å². The molecule has 0 saturated heterocycles. The first-order valence-electron chi connectivity index (χ1n) is 8.56. The smallest absolute Gasteiger partial charge is 0.264 e. The number of carbonyl (C=O) groups excluding carboxylic acids is 1. The molecule has 150 valence electrons. The van der Waals surface area contributed by atoms with Crippen molar-refractivity contribution in [3.05, 3.63) is 84.1 Å². The maximum Gasteiger partial charge on any atom is 0.264 e. The van der Waals surface area contributed by atoms with E-state index < -0.39 is 28.3 Å². The largest absolute Gasteiger partial charge is 0.463 e. The number of aryl methyl sites for hydroxylation is 1. The highest BCUT2D eigenvalue weighted by Gasteiger charge is 2.27. The van der Waals surface area contributed by atoms with Crippen LogP contribution in [0.4, 0.5) is 10.1 Å². The molecule has 0 atom stereocenters. The number of furan rings is 1. The zero-order chi connectivity index (χ0) is 20.9. The first-order chi connectivity index (χ1) is 13.9. The van der Waals surface area contributed by atoms with Crippen LogP contribution < -0.4 is 9.73 Å². The second-order valence-electron chi connectivity index (χ2n) is 6.11. The summed E-state index contributed by atoms with van der Waals surface area (Å²) in [5.74, 6) is -0.769. The Labute approximate surface area is 167 Å². The molecule has 1 amide bonds. The lowest BCUT2D eigenvalue weighted by Gasteiger charge is -2.23. The lowest BCUT2D eigenvalue weighted by molar-refractivity contribution is -0.119. The number of rotatable bonds is 7. The third-order valence-electron chi connectivity index (χ3n) is 3.94. The molecule has 0 radical (unpaired) electrons. The van der Waals surface area contributed by atoms with Gasteiger partial charge in [0.1, 0.15) is 18.1 Å². The highest BCUT2D eigenvalue weighted by atomic mass is 32.2. The molecule has 7 nitrogen and oxygen atoms in total. The summed E-state index contributed by atoms with van der Waals surface area (Å²) in [4.78, 5) is 12.3. The van der Waals surface area contributed by atoms with Gasteiger partial charge in [0.15, 0.2) is 0 Å². The molecule has 0 aliphatic heterocycles. The van der Waals surface area contributed by atoms with Crippen LogP contribution in [0.5, 0.6) is 0 Å². The second-order valence-corrected chi connectivity index (χ2v) is 7.97. The molecule has 2 aromatic carbocycles. The third-order valence-corrected chi connectivity index (χ3v) is 5.72. The Morgan fingerprint density at radius 1 is 1.14 bits per heavy atom. The van der Waals surface area contributed by atoms with Crippen molar-refractivity contribution in [2.75, 3.05) is 10.8 Å². The molecule has 0 saturated carbocycles. The fourth-order valence-corrected chi connectivity index (χ4v) is 3.88. The van der Waals surface area contributed by atoms with Crippen LogP contribution in [0, 0.1) is 12.7 Å². The Bertz CT molecular complexity index is 1090. The van der Waals surface area contributed by atoms with Gasteiger partial charge in [0.05, 0.1) is 23.1 Å². The van der Waals surface area contributed by atoms with Gasteiger partial charge in [-0.2, -0.15) is 5.10 Å². The minimum absolute atomic E-state index is 0.0133. The number of carbonyl (C=O) groups is 1. The van der Waals surface area contributed by atoms with Gasteiger partial charge in [-0.25, -0.2) is 18.2 Å². The van der Waals surface area contributed by atoms with Crippen LogP contribution in [0.15, 0.2) is 81.3 Å². The fourth-order valence-electron chi connectivity index (χ4n) is 2.46. The summed E-state index contributed by atoms with van der Waals surface area (Å²) in [5, 5.41) is 3.74. The summed E-state index contributed by atoms with van der Waals surface area (Å²) in [6, 6.07) is 14.4. The molecular formula is C20H18FN3O4S. The first-order valence-corrected chi connectivity index (χ1v) is 10.0. The number of sulfonamides is 1. The zero-order valence-corrected chi connectivity index (χ0v) is 16.3. The Balaban J connectivity index is 1.85. The van der Waals surface area contributed by atoms with Crippen LogP contribution in [0.25, 0.3) is 0 Å². The molecule has 0 bridgehead atoms. The number of nitrogens with zero attached hydrogens (tertiary/aromatic N) is 2. The van der Waals surface area contributed by atoms with E-state index in [0.717, 1.165) is 22.0 Å². The number of anilines is 1. The Morgan fingerprint density at radius 3 is 2.45 bits per heavy atom. The van der Waals surface area contributed by atoms with Crippen molar-refractivity contribution in [1.82, 2.24) is 5.43 Å². The molecule has 1 aromatic heterocycles. The molecule has 3 rings (SSSR count). The summed E-state index contributed by atoms with van der Waals surface area (Å²) in [6.45, 7) is 1.29. The molecule has 9 heteroatoms. The Kier molecular flexibility index (Phi) is 6.08. The van der Waals surface area contributed by atoms with Crippen LogP contribution in [0.2, 0.25) is 0 Å². The van der Waals surface area contributed by atoms with E-state index in [1.165, 1.54) is 36.7 Å². The molecule has 0 spiro atoms. The van der Waals surface area contributed by atoms with E-state index in [2.05, 4.69) is 10.5 Å². The van der Waals surface area contributed by atoms with Crippen molar-refractivity contribution in [1.29, 1.82) is 0 Å². The lowest BCUT2D eigenvalue weighted by Crippen LogP contribution is -2.39. The lowest BCUT2D eigenvalue weighted by atomic mass is 10.2. The molecule has 3 aromatic rings. The Morgan fingerprint density at radius 2 is 1.83 bits per heavy atom. The average molecular weight is 415 g/mol. The molecule has 0 aliphatic carbocycles. The molecule has 0 fully saturated rings. The van der Waals surface area contributed by atoms with Crippen molar-refractivity contribution in [3.8, 4) is 0 Å². The van der Waals surface area contributed by atoms with Crippen LogP contribution in [0.1, 0.15) is 11.3 Å². The maximum atomic E-state index is 13.3. The predicted molar refractivity (Wildman–Crippen MR) is 107 cm³/mol. The molecule has 1 heterocycles. The molecule has 0 unspecified atom stereocenters. The summed E-state index contributed by atoms with van der Waals surface area (Å²) in [6.07, 6.45) is 2.74. The Hall–Kier alpha value is -3.46. The monoisotopic (exact) mass is 415 g/mol. The van der Waals surface area contributed by atoms with Crippen molar-refractivity contribution in [3.63, 3.8) is 0 Å². The van der Waals surface area contributed by atoms with Crippen molar-refractivity contribution in [2.24, 2.45) is 5.10 Å². The SMILES string of the molecule is Cc1ccc(S(=O)(=O)N(CC(=O)N/N=C\c2ccco2)c2ccc(F)cc2)cc1. The van der Waals surface area contributed by atoms with Gasteiger partial charge < -0.3 is 4.42 Å². The molecule has 0 aliphatic rings. The zero-order valence-electron chi connectivity index (χ0n) is 15.4. The van der Waals surface area contributed by atoms with Gasteiger partial charge in [-0.05, 0) is 55.5 Å². The van der Waals surface area contributed by atoms with Gasteiger partial charge in [-0.15, -0.1) is 0 Å². The van der Waals surface area contributed by atoms with E-state index >= 15 is 0 Å². The van der Waals surface area contributed by atoms with Gasteiger partial charge in [0.25, 0.3) is 15.9 Å². The number of amides is 1. The van der Waals surface area contributed by atoms with Gasteiger partial charge in [0.2, 0.25) is 0 Å². The number of benzene rings is 2. The predicted octanol–water partition coefficient (Wildman–Crippen LogP) is 3.07. The number of hydrogen-bond donors (Lipinski definition) is 1. The quantitative estimate of drug-likeness (QED) is 0.474. The molecular weight excluding hydrogens is 397 g/mol. The maximum absolute atomic E-state index is 13.3. The van der Waals surface area contributed by atoms with E-state index in [0.29, 0.717) is 5.76 Å². The number of hydrogen-bond acceptors (Lipinski definition) is 5. The van der Waals surface area contributed by atoms with Crippen molar-refractivity contribution >= 4 is 27.8 Å². The standard InChI is InChI=1S/C20H18FN3O4S/c1-15-4-10-19(11-5-15)29(26,27)24(17-8-6-16(21)7-9-17)14-20(25)23-22-13-18-3-2-12-28-18/h2-13H,14H2,1H3,(H,23,25)/b22-13-. The first kappa shape index (κ1) is 20.3. The number of halogens is 1. The topological polar surface area (TPSA) is 92.0 Å². The molecule has 1 N–H and O–H groups in total. The van der Waals surface area contributed by atoms with Crippen molar-refractivity contribution < 1.29 is 22.0 Å². The van der Waals surface area contributed by atoms with Crippen LogP contribution in [0.3, 0.4) is 0 Å². The normalized spacial score (nSPS) is 11.5. The fraction of sp³-hybridized carbons (Fsp3) is 0.100. The average Bonchev–Trinajstić information content (AvgIpc) is 3.21. The van der Waals surface area contributed by atoms with Gasteiger partial charge in [-0.3, -0.25) is 9.10 Å². The summed E-state index contributed by atoms with van der Waals surface area (Å²) >= 11 is 0. The van der Waals surface area contributed by atoms with Crippen LogP contribution >= 0.6 is 0 Å². The minimum atomic E-state index is -4.07. The van der Waals surface area contributed by atoms with Crippen molar-refractivity contribution in [2.45, 2.75) is 11.8 Å². The van der Waals surface area contributed by atoms with Gasteiger partial charge in [0, 0.05) is 0 Å². The number of hydrazone groups is 1. The van der Waals surface area contributed by atoms with E-state index in [-0.39, 0.29) is 10.6 Å². The van der Waals surface area contributed by atoms with Gasteiger partial charge >= 0.3 is 0 Å². The molecule has 29 heavy (non-hydrogen) atoms. The summed E-state index contributed by atoms with van der Waals surface area (Å²) in [7, 11) is -4.07. The number of nitrogens with one attached hydrogen (secondary N) is 1. The summed E-state index contributed by atoms with van der Waals surface area (Å²) < 4.78 is 45.5. The highest BCUT2D eigenvalue weighted by molar-refractivity contribution is 7.92.